The highest BCUT2D eigenvalue weighted by Crippen LogP contribution is 2.35. The normalized spacial score (nSPS) is 19.4. The SMILES string of the molecule is CC(NC(=O)CCCN1C(=O)NC2(CCCC2)C1=O)c1cccc(S(N)(=O)=O)c1. The first-order chi connectivity index (χ1) is 13.6. The molecule has 2 aliphatic rings. The van der Waals surface area contributed by atoms with Crippen LogP contribution in [-0.2, 0) is 19.6 Å². The third kappa shape index (κ3) is 4.59. The Labute approximate surface area is 170 Å². The molecule has 1 saturated carbocycles. The summed E-state index contributed by atoms with van der Waals surface area (Å²) in [7, 11) is -3.82. The lowest BCUT2D eigenvalue weighted by Crippen LogP contribution is -2.44. The van der Waals surface area contributed by atoms with Crippen molar-refractivity contribution in [2.75, 3.05) is 6.54 Å². The summed E-state index contributed by atoms with van der Waals surface area (Å²) >= 11 is 0. The molecule has 1 aromatic rings. The molecule has 1 saturated heterocycles. The quantitative estimate of drug-likeness (QED) is 0.566. The summed E-state index contributed by atoms with van der Waals surface area (Å²) in [5, 5.41) is 10.7. The summed E-state index contributed by atoms with van der Waals surface area (Å²) in [4.78, 5) is 38.1. The van der Waals surface area contributed by atoms with E-state index in [1.807, 2.05) is 0 Å². The Morgan fingerprint density at radius 1 is 1.31 bits per heavy atom. The molecule has 2 fully saturated rings. The number of primary sulfonamides is 1. The summed E-state index contributed by atoms with van der Waals surface area (Å²) in [5.74, 6) is -0.435. The van der Waals surface area contributed by atoms with Crippen molar-refractivity contribution < 1.29 is 22.8 Å². The molecule has 1 aliphatic heterocycles. The van der Waals surface area contributed by atoms with Gasteiger partial charge in [0.25, 0.3) is 5.91 Å². The average Bonchev–Trinajstić information content (AvgIpc) is 3.21. The third-order valence-corrected chi connectivity index (χ3v) is 6.46. The van der Waals surface area contributed by atoms with Crippen LogP contribution < -0.4 is 15.8 Å². The van der Waals surface area contributed by atoms with Gasteiger partial charge in [-0.15, -0.1) is 0 Å². The van der Waals surface area contributed by atoms with Crippen molar-refractivity contribution in [3.63, 3.8) is 0 Å². The van der Waals surface area contributed by atoms with E-state index in [2.05, 4.69) is 10.6 Å². The molecule has 1 aliphatic carbocycles. The second-order valence-corrected chi connectivity index (χ2v) is 9.25. The van der Waals surface area contributed by atoms with E-state index < -0.39 is 21.6 Å². The van der Waals surface area contributed by atoms with Crippen LogP contribution in [0.25, 0.3) is 0 Å². The molecule has 1 atom stereocenters. The van der Waals surface area contributed by atoms with Crippen LogP contribution in [0.3, 0.4) is 0 Å². The maximum atomic E-state index is 12.6. The highest BCUT2D eigenvalue weighted by molar-refractivity contribution is 7.89. The van der Waals surface area contributed by atoms with E-state index in [1.165, 1.54) is 17.0 Å². The van der Waals surface area contributed by atoms with E-state index in [1.54, 1.807) is 19.1 Å². The Bertz CT molecular complexity index is 924. The largest absolute Gasteiger partial charge is 0.350 e. The van der Waals surface area contributed by atoms with Crippen LogP contribution >= 0.6 is 0 Å². The van der Waals surface area contributed by atoms with E-state index in [4.69, 9.17) is 5.14 Å². The number of nitrogens with two attached hydrogens (primary N) is 1. The number of carbonyl (C=O) groups is 3. The van der Waals surface area contributed by atoms with E-state index >= 15 is 0 Å². The van der Waals surface area contributed by atoms with Crippen LogP contribution in [0.15, 0.2) is 29.2 Å². The molecule has 158 valence electrons. The summed E-state index contributed by atoms with van der Waals surface area (Å²) < 4.78 is 22.9. The molecular formula is C19H26N4O5S. The predicted octanol–water partition coefficient (Wildman–Crippen LogP) is 1.16. The molecular weight excluding hydrogens is 396 g/mol. The fourth-order valence-corrected chi connectivity index (χ4v) is 4.52. The zero-order valence-corrected chi connectivity index (χ0v) is 17.1. The van der Waals surface area contributed by atoms with E-state index in [-0.39, 0.29) is 35.7 Å². The summed E-state index contributed by atoms with van der Waals surface area (Å²) in [6.07, 6.45) is 3.68. The lowest BCUT2D eigenvalue weighted by atomic mass is 9.98. The van der Waals surface area contributed by atoms with Gasteiger partial charge in [0, 0.05) is 13.0 Å². The second kappa shape index (κ2) is 8.11. The maximum absolute atomic E-state index is 12.6. The number of hydrogen-bond acceptors (Lipinski definition) is 5. The van der Waals surface area contributed by atoms with Crippen LogP contribution in [0.2, 0.25) is 0 Å². The minimum absolute atomic E-state index is 0.0181. The molecule has 1 spiro atoms. The molecule has 1 aromatic carbocycles. The fraction of sp³-hybridized carbons (Fsp3) is 0.526. The Morgan fingerprint density at radius 2 is 2.00 bits per heavy atom. The molecule has 1 heterocycles. The van der Waals surface area contributed by atoms with Gasteiger partial charge in [-0.1, -0.05) is 25.0 Å². The van der Waals surface area contributed by atoms with Gasteiger partial charge in [-0.25, -0.2) is 18.4 Å². The van der Waals surface area contributed by atoms with E-state index in [0.717, 1.165) is 12.8 Å². The number of sulfonamides is 1. The Kier molecular flexibility index (Phi) is 5.95. The highest BCUT2D eigenvalue weighted by Gasteiger charge is 2.52. The van der Waals surface area contributed by atoms with Crippen molar-refractivity contribution in [2.45, 2.75) is 61.9 Å². The molecule has 0 aromatic heterocycles. The first-order valence-electron chi connectivity index (χ1n) is 9.69. The number of nitrogens with one attached hydrogen (secondary N) is 2. The van der Waals surface area contributed by atoms with Crippen LogP contribution in [0.5, 0.6) is 0 Å². The first-order valence-corrected chi connectivity index (χ1v) is 11.2. The van der Waals surface area contributed by atoms with Crippen molar-refractivity contribution >= 4 is 27.9 Å². The molecule has 29 heavy (non-hydrogen) atoms. The van der Waals surface area contributed by atoms with Crippen LogP contribution in [-0.4, -0.2) is 43.2 Å². The number of benzene rings is 1. The van der Waals surface area contributed by atoms with Crippen LogP contribution in [0.4, 0.5) is 4.79 Å². The number of carbonyl (C=O) groups excluding carboxylic acids is 3. The first kappa shape index (κ1) is 21.3. The number of nitrogens with zero attached hydrogens (tertiary/aromatic N) is 1. The van der Waals surface area contributed by atoms with Gasteiger partial charge in [0.15, 0.2) is 0 Å². The van der Waals surface area contributed by atoms with Gasteiger partial charge in [-0.3, -0.25) is 14.5 Å². The molecule has 1 unspecified atom stereocenters. The van der Waals surface area contributed by atoms with Crippen molar-refractivity contribution in [2.24, 2.45) is 5.14 Å². The molecule has 3 rings (SSSR count). The summed E-state index contributed by atoms with van der Waals surface area (Å²) in [6, 6.07) is 5.28. The number of urea groups is 1. The molecule has 9 nitrogen and oxygen atoms in total. The van der Waals surface area contributed by atoms with Gasteiger partial charge in [-0.05, 0) is 43.9 Å². The van der Waals surface area contributed by atoms with Crippen molar-refractivity contribution in [1.82, 2.24) is 15.5 Å². The number of imide groups is 1. The maximum Gasteiger partial charge on any atom is 0.325 e. The topological polar surface area (TPSA) is 139 Å². The molecule has 10 heteroatoms. The van der Waals surface area contributed by atoms with Gasteiger partial charge in [-0.2, -0.15) is 0 Å². The van der Waals surface area contributed by atoms with E-state index in [0.29, 0.717) is 24.8 Å². The van der Waals surface area contributed by atoms with Crippen molar-refractivity contribution in [3.8, 4) is 0 Å². The smallest absolute Gasteiger partial charge is 0.325 e. The van der Waals surface area contributed by atoms with Gasteiger partial charge < -0.3 is 10.6 Å². The third-order valence-electron chi connectivity index (χ3n) is 5.55. The number of amides is 4. The Morgan fingerprint density at radius 3 is 2.66 bits per heavy atom. The fourth-order valence-electron chi connectivity index (χ4n) is 3.95. The number of hydrogen-bond donors (Lipinski definition) is 3. The van der Waals surface area contributed by atoms with Crippen LogP contribution in [0.1, 0.15) is 57.1 Å². The Hall–Kier alpha value is -2.46. The second-order valence-electron chi connectivity index (χ2n) is 7.69. The predicted molar refractivity (Wildman–Crippen MR) is 105 cm³/mol. The summed E-state index contributed by atoms with van der Waals surface area (Å²) in [5.41, 5.74) is -0.121. The molecule has 0 bridgehead atoms. The van der Waals surface area contributed by atoms with Gasteiger partial charge in [0.05, 0.1) is 10.9 Å². The Balaban J connectivity index is 1.50. The average molecular weight is 423 g/mol. The number of rotatable bonds is 7. The monoisotopic (exact) mass is 422 g/mol. The lowest BCUT2D eigenvalue weighted by Gasteiger charge is -2.20. The van der Waals surface area contributed by atoms with Gasteiger partial charge in [0.1, 0.15) is 5.54 Å². The van der Waals surface area contributed by atoms with E-state index in [9.17, 15) is 22.8 Å². The standard InChI is InChI=1S/C19H26N4O5S/c1-13(14-6-4-7-15(12-14)29(20,27)28)21-16(24)8-5-11-23-17(25)19(22-18(23)26)9-2-3-10-19/h4,6-7,12-13H,2-3,5,8-11H2,1H3,(H,21,24)(H,22,26)(H2,20,27,28). The zero-order valence-electron chi connectivity index (χ0n) is 16.3. The lowest BCUT2D eigenvalue weighted by molar-refractivity contribution is -0.131. The molecule has 0 radical (unpaired) electrons. The minimum atomic E-state index is -3.82. The van der Waals surface area contributed by atoms with Crippen molar-refractivity contribution in [1.29, 1.82) is 0 Å². The highest BCUT2D eigenvalue weighted by atomic mass is 32.2. The minimum Gasteiger partial charge on any atom is -0.350 e. The van der Waals surface area contributed by atoms with Crippen LogP contribution in [0, 0.1) is 0 Å². The van der Waals surface area contributed by atoms with Crippen molar-refractivity contribution in [3.05, 3.63) is 29.8 Å². The molecule has 4 N–H and O–H groups in total. The zero-order chi connectivity index (χ0) is 21.2. The summed E-state index contributed by atoms with van der Waals surface area (Å²) in [6.45, 7) is 1.93. The van der Waals surface area contributed by atoms with Gasteiger partial charge in [0.2, 0.25) is 15.9 Å². The molecule has 4 amide bonds. The van der Waals surface area contributed by atoms with Gasteiger partial charge >= 0.3 is 6.03 Å².